The highest BCUT2D eigenvalue weighted by Gasteiger charge is 2.34. The molecule has 1 aromatic heterocycles. The summed E-state index contributed by atoms with van der Waals surface area (Å²) in [5, 5.41) is 4.83. The number of alkyl halides is 3. The first-order valence-electron chi connectivity index (χ1n) is 8.47. The molecule has 0 saturated carbocycles. The maximum Gasteiger partial charge on any atom is 0.416 e. The first kappa shape index (κ1) is 20.5. The van der Waals surface area contributed by atoms with E-state index in [1.54, 1.807) is 18.2 Å². The Labute approximate surface area is 177 Å². The minimum Gasteiger partial charge on any atom is -0.266 e. The molecule has 3 aromatic rings. The standard InChI is InChI=1S/C19H12ClF3N4O2S/c20-13-3-2-11(14(7-13)19(21,22)23)9-26-15-4-1-10(5-12(15)8-25-26)6-16-17(28)27(24)18(29)30-16/h1-8H,9,24H2/b16-6-. The number of aromatic nitrogens is 2. The molecule has 1 aliphatic heterocycles. The molecule has 154 valence electrons. The SMILES string of the molecule is NN1C(=O)S/C(=C\c2ccc3c(cnn3Cc3ccc(Cl)cc3C(F)(F)F)c2)C1=O. The zero-order chi connectivity index (χ0) is 21.6. The first-order chi connectivity index (χ1) is 14.1. The predicted octanol–water partition coefficient (Wildman–Crippen LogP) is 4.67. The summed E-state index contributed by atoms with van der Waals surface area (Å²) >= 11 is 6.46. The molecular formula is C19H12ClF3N4O2S. The monoisotopic (exact) mass is 452 g/mol. The van der Waals surface area contributed by atoms with Crippen LogP contribution in [0.3, 0.4) is 0 Å². The Morgan fingerprint density at radius 3 is 2.60 bits per heavy atom. The van der Waals surface area contributed by atoms with Gasteiger partial charge in [0.2, 0.25) is 0 Å². The van der Waals surface area contributed by atoms with Gasteiger partial charge in [-0.05, 0) is 53.2 Å². The maximum atomic E-state index is 13.3. The molecule has 1 aliphatic rings. The van der Waals surface area contributed by atoms with Crippen LogP contribution in [0.1, 0.15) is 16.7 Å². The van der Waals surface area contributed by atoms with Crippen LogP contribution in [0.25, 0.3) is 17.0 Å². The van der Waals surface area contributed by atoms with Crippen LogP contribution in [0.4, 0.5) is 18.0 Å². The number of hydrogen-bond acceptors (Lipinski definition) is 5. The molecule has 0 spiro atoms. The van der Waals surface area contributed by atoms with Crippen molar-refractivity contribution in [3.8, 4) is 0 Å². The van der Waals surface area contributed by atoms with E-state index in [-0.39, 0.29) is 22.0 Å². The van der Waals surface area contributed by atoms with Gasteiger partial charge in [-0.1, -0.05) is 23.7 Å². The van der Waals surface area contributed by atoms with Crippen molar-refractivity contribution in [2.45, 2.75) is 12.7 Å². The van der Waals surface area contributed by atoms with Crippen molar-refractivity contribution in [3.63, 3.8) is 0 Å². The number of benzene rings is 2. The van der Waals surface area contributed by atoms with E-state index in [9.17, 15) is 22.8 Å². The van der Waals surface area contributed by atoms with Crippen molar-refractivity contribution in [2.24, 2.45) is 5.84 Å². The Hall–Kier alpha value is -2.82. The van der Waals surface area contributed by atoms with Gasteiger partial charge in [-0.2, -0.15) is 18.3 Å². The van der Waals surface area contributed by atoms with Gasteiger partial charge in [-0.15, -0.1) is 0 Å². The molecule has 2 N–H and O–H groups in total. The van der Waals surface area contributed by atoms with Gasteiger partial charge in [0.1, 0.15) is 0 Å². The van der Waals surface area contributed by atoms with Gasteiger partial charge >= 0.3 is 11.4 Å². The first-order valence-corrected chi connectivity index (χ1v) is 9.67. The number of nitrogens with two attached hydrogens (primary N) is 1. The summed E-state index contributed by atoms with van der Waals surface area (Å²) in [5.74, 6) is 4.76. The molecule has 0 radical (unpaired) electrons. The lowest BCUT2D eigenvalue weighted by molar-refractivity contribution is -0.138. The number of nitrogens with zero attached hydrogens (tertiary/aromatic N) is 3. The average Bonchev–Trinajstić information content (AvgIpc) is 3.18. The summed E-state index contributed by atoms with van der Waals surface area (Å²) < 4.78 is 41.5. The van der Waals surface area contributed by atoms with Crippen molar-refractivity contribution >= 4 is 51.5 Å². The van der Waals surface area contributed by atoms with E-state index in [2.05, 4.69) is 5.10 Å². The molecule has 2 amide bonds. The van der Waals surface area contributed by atoms with E-state index >= 15 is 0 Å². The molecule has 0 aliphatic carbocycles. The Bertz CT molecular complexity index is 1220. The molecule has 4 rings (SSSR count). The zero-order valence-electron chi connectivity index (χ0n) is 15.0. The lowest BCUT2D eigenvalue weighted by atomic mass is 10.1. The Balaban J connectivity index is 1.66. The fraction of sp³-hybridized carbons (Fsp3) is 0.105. The quantitative estimate of drug-likeness (QED) is 0.355. The summed E-state index contributed by atoms with van der Waals surface area (Å²) in [6, 6.07) is 8.71. The summed E-state index contributed by atoms with van der Waals surface area (Å²) in [4.78, 5) is 23.6. The lowest BCUT2D eigenvalue weighted by Crippen LogP contribution is -2.34. The summed E-state index contributed by atoms with van der Waals surface area (Å²) in [7, 11) is 0. The molecule has 30 heavy (non-hydrogen) atoms. The van der Waals surface area contributed by atoms with Crippen molar-refractivity contribution in [1.29, 1.82) is 0 Å². The lowest BCUT2D eigenvalue weighted by Gasteiger charge is -2.14. The minimum atomic E-state index is -4.54. The molecule has 6 nitrogen and oxygen atoms in total. The normalized spacial score (nSPS) is 16.3. The van der Waals surface area contributed by atoms with Gasteiger partial charge < -0.3 is 0 Å². The van der Waals surface area contributed by atoms with Gasteiger partial charge in [-0.25, -0.2) is 10.9 Å². The summed E-state index contributed by atoms with van der Waals surface area (Å²) in [5.41, 5.74) is 0.469. The number of carbonyl (C=O) groups is 2. The van der Waals surface area contributed by atoms with Gasteiger partial charge in [0.15, 0.2) is 0 Å². The van der Waals surface area contributed by atoms with Gasteiger partial charge in [-0.3, -0.25) is 14.3 Å². The Morgan fingerprint density at radius 1 is 1.17 bits per heavy atom. The molecule has 11 heteroatoms. The highest BCUT2D eigenvalue weighted by atomic mass is 35.5. The number of hydrazine groups is 1. The highest BCUT2D eigenvalue weighted by Crippen LogP contribution is 2.35. The van der Waals surface area contributed by atoms with Gasteiger partial charge in [0.25, 0.3) is 5.91 Å². The van der Waals surface area contributed by atoms with Crippen LogP contribution in [0.2, 0.25) is 5.02 Å². The molecular weight excluding hydrogens is 441 g/mol. The number of amides is 2. The fourth-order valence-corrected chi connectivity index (χ4v) is 3.99. The van der Waals surface area contributed by atoms with Crippen LogP contribution in [0.15, 0.2) is 47.5 Å². The fourth-order valence-electron chi connectivity index (χ4n) is 3.06. The minimum absolute atomic E-state index is 0.00272. The highest BCUT2D eigenvalue weighted by molar-refractivity contribution is 8.18. The van der Waals surface area contributed by atoms with Crippen molar-refractivity contribution < 1.29 is 22.8 Å². The van der Waals surface area contributed by atoms with E-state index < -0.39 is 22.9 Å². The molecule has 2 aromatic carbocycles. The third-order valence-corrected chi connectivity index (χ3v) is 5.60. The predicted molar refractivity (Wildman–Crippen MR) is 107 cm³/mol. The molecule has 2 heterocycles. The van der Waals surface area contributed by atoms with Crippen molar-refractivity contribution in [1.82, 2.24) is 14.8 Å². The van der Waals surface area contributed by atoms with Crippen LogP contribution >= 0.6 is 23.4 Å². The number of halogens is 4. The molecule has 0 atom stereocenters. The van der Waals surface area contributed by atoms with Gasteiger partial charge in [0, 0.05) is 10.4 Å². The Morgan fingerprint density at radius 2 is 1.93 bits per heavy atom. The number of fused-ring (bicyclic) bond motifs is 1. The number of rotatable bonds is 3. The van der Waals surface area contributed by atoms with Crippen LogP contribution in [0, 0.1) is 0 Å². The van der Waals surface area contributed by atoms with Crippen LogP contribution in [-0.4, -0.2) is 25.9 Å². The van der Waals surface area contributed by atoms with E-state index in [1.807, 2.05) is 0 Å². The second-order valence-electron chi connectivity index (χ2n) is 6.47. The number of hydrogen-bond donors (Lipinski definition) is 1. The van der Waals surface area contributed by atoms with Crippen LogP contribution < -0.4 is 5.84 Å². The largest absolute Gasteiger partial charge is 0.416 e. The van der Waals surface area contributed by atoms with Crippen molar-refractivity contribution in [3.05, 3.63) is 69.2 Å². The Kier molecular flexibility index (Phi) is 5.08. The summed E-state index contributed by atoms with van der Waals surface area (Å²) in [6.45, 7) is -0.0963. The molecule has 0 bridgehead atoms. The topological polar surface area (TPSA) is 81.2 Å². The van der Waals surface area contributed by atoms with E-state index in [1.165, 1.54) is 29.1 Å². The molecule has 1 fully saturated rings. The third-order valence-electron chi connectivity index (χ3n) is 4.48. The number of thioether (sulfide) groups is 1. The second-order valence-corrected chi connectivity index (χ2v) is 7.90. The van der Waals surface area contributed by atoms with Gasteiger partial charge in [0.05, 0.1) is 28.7 Å². The van der Waals surface area contributed by atoms with Crippen LogP contribution in [-0.2, 0) is 17.5 Å². The van der Waals surface area contributed by atoms with E-state index in [4.69, 9.17) is 17.4 Å². The van der Waals surface area contributed by atoms with Crippen molar-refractivity contribution in [2.75, 3.05) is 0 Å². The molecule has 1 saturated heterocycles. The zero-order valence-corrected chi connectivity index (χ0v) is 16.6. The maximum absolute atomic E-state index is 13.3. The van der Waals surface area contributed by atoms with Crippen LogP contribution in [0.5, 0.6) is 0 Å². The van der Waals surface area contributed by atoms with E-state index in [0.717, 1.165) is 17.8 Å². The summed E-state index contributed by atoms with van der Waals surface area (Å²) in [6.07, 6.45) is -1.50. The number of imide groups is 1. The number of carbonyl (C=O) groups excluding carboxylic acids is 2. The average molecular weight is 453 g/mol. The van der Waals surface area contributed by atoms with E-state index in [0.29, 0.717) is 21.5 Å². The third kappa shape index (κ3) is 3.81. The smallest absolute Gasteiger partial charge is 0.266 e. The second kappa shape index (κ2) is 7.46. The molecule has 0 unspecified atom stereocenters.